The third-order valence-corrected chi connectivity index (χ3v) is 4.88. The average molecular weight is 344 g/mol. The van der Waals surface area contributed by atoms with Crippen LogP contribution in [0.2, 0.25) is 0 Å². The molecule has 26 heavy (non-hydrogen) atoms. The summed E-state index contributed by atoms with van der Waals surface area (Å²) in [7, 11) is 0. The number of benzene rings is 4. The van der Waals surface area contributed by atoms with Crippen LogP contribution in [0.1, 0.15) is 15.9 Å². The van der Waals surface area contributed by atoms with Gasteiger partial charge in [-0.05, 0) is 68.7 Å². The van der Waals surface area contributed by atoms with E-state index in [9.17, 15) is 18.4 Å². The fourth-order valence-corrected chi connectivity index (χ4v) is 3.55. The van der Waals surface area contributed by atoms with Crippen LogP contribution in [0, 0.1) is 0 Å². The largest absolute Gasteiger partial charge is 0.285 e. The average Bonchev–Trinajstić information content (AvgIpc) is 2.66. The van der Waals surface area contributed by atoms with E-state index in [1.54, 1.807) is 0 Å². The lowest BCUT2D eigenvalue weighted by Crippen LogP contribution is -2.21. The van der Waals surface area contributed by atoms with Gasteiger partial charge in [0.15, 0.2) is 5.83 Å². The van der Waals surface area contributed by atoms with Gasteiger partial charge >= 0.3 is 0 Å². The fourth-order valence-electron chi connectivity index (χ4n) is 3.55. The Balaban J connectivity index is 1.87. The zero-order chi connectivity index (χ0) is 18.0. The van der Waals surface area contributed by atoms with Crippen molar-refractivity contribution in [1.29, 1.82) is 0 Å². The van der Waals surface area contributed by atoms with Gasteiger partial charge in [-0.2, -0.15) is 4.39 Å². The standard InChI is InChI=1S/C22H10F2O2/c23-19-17-9-15-7-13-5-11-3-1-2-4-12(11)6-14(13)8-16(15)10-18(17)21(25)22(26)20(19)24/h1-10H. The molecule has 0 amide bonds. The monoisotopic (exact) mass is 344 g/mol. The van der Waals surface area contributed by atoms with Gasteiger partial charge in [0, 0.05) is 11.1 Å². The number of carbonyl (C=O) groups excluding carboxylic acids is 2. The second-order valence-corrected chi connectivity index (χ2v) is 6.43. The summed E-state index contributed by atoms with van der Waals surface area (Å²) in [6.07, 6.45) is 0. The van der Waals surface area contributed by atoms with Gasteiger partial charge < -0.3 is 0 Å². The molecule has 4 aromatic carbocycles. The molecule has 0 N–H and O–H groups in total. The number of ketones is 2. The highest BCUT2D eigenvalue weighted by Crippen LogP contribution is 2.36. The number of allylic oxidation sites excluding steroid dienone is 1. The highest BCUT2D eigenvalue weighted by molar-refractivity contribution is 6.51. The quantitative estimate of drug-likeness (QED) is 0.311. The molecule has 0 aromatic heterocycles. The van der Waals surface area contributed by atoms with Crippen molar-refractivity contribution in [2.45, 2.75) is 0 Å². The maximum atomic E-state index is 14.2. The van der Waals surface area contributed by atoms with E-state index in [4.69, 9.17) is 0 Å². The number of fused-ring (bicyclic) bond motifs is 4. The second kappa shape index (κ2) is 5.05. The highest BCUT2D eigenvalue weighted by atomic mass is 19.2. The number of hydrogen-bond donors (Lipinski definition) is 0. The Bertz CT molecular complexity index is 1330. The summed E-state index contributed by atoms with van der Waals surface area (Å²) >= 11 is 0. The van der Waals surface area contributed by atoms with Crippen LogP contribution in [0.3, 0.4) is 0 Å². The van der Waals surface area contributed by atoms with Gasteiger partial charge in [-0.15, -0.1) is 0 Å². The normalized spacial score (nSPS) is 14.5. The van der Waals surface area contributed by atoms with E-state index in [2.05, 4.69) is 0 Å². The summed E-state index contributed by atoms with van der Waals surface area (Å²) in [5.74, 6) is -5.33. The van der Waals surface area contributed by atoms with Crippen LogP contribution in [0.5, 0.6) is 0 Å². The van der Waals surface area contributed by atoms with E-state index in [0.717, 1.165) is 21.5 Å². The second-order valence-electron chi connectivity index (χ2n) is 6.43. The van der Waals surface area contributed by atoms with Crippen molar-refractivity contribution in [3.8, 4) is 0 Å². The lowest BCUT2D eigenvalue weighted by molar-refractivity contribution is -0.113. The maximum absolute atomic E-state index is 14.2. The Morgan fingerprint density at radius 2 is 0.962 bits per heavy atom. The summed E-state index contributed by atoms with van der Waals surface area (Å²) in [6, 6.07) is 18.7. The van der Waals surface area contributed by atoms with Crippen LogP contribution in [0.25, 0.3) is 38.1 Å². The van der Waals surface area contributed by atoms with E-state index in [0.29, 0.717) is 10.8 Å². The molecule has 0 saturated heterocycles. The maximum Gasteiger partial charge on any atom is 0.264 e. The topological polar surface area (TPSA) is 34.1 Å². The Kier molecular flexibility index (Phi) is 2.89. The fraction of sp³-hybridized carbons (Fsp3) is 0. The van der Waals surface area contributed by atoms with E-state index in [-0.39, 0.29) is 11.1 Å². The summed E-state index contributed by atoms with van der Waals surface area (Å²) < 4.78 is 27.8. The molecule has 0 spiro atoms. The minimum atomic E-state index is -1.62. The number of carbonyl (C=O) groups is 2. The van der Waals surface area contributed by atoms with Gasteiger partial charge in [0.25, 0.3) is 5.78 Å². The van der Waals surface area contributed by atoms with Crippen molar-refractivity contribution in [2.75, 3.05) is 0 Å². The van der Waals surface area contributed by atoms with E-state index < -0.39 is 23.2 Å². The number of halogens is 2. The molecule has 124 valence electrons. The Morgan fingerprint density at radius 3 is 1.54 bits per heavy atom. The van der Waals surface area contributed by atoms with Crippen molar-refractivity contribution in [3.05, 3.63) is 77.6 Å². The third-order valence-electron chi connectivity index (χ3n) is 4.88. The molecule has 0 saturated carbocycles. The molecule has 1 aliphatic rings. The molecule has 0 radical (unpaired) electrons. The predicted molar refractivity (Wildman–Crippen MR) is 97.4 cm³/mol. The van der Waals surface area contributed by atoms with Crippen LogP contribution in [-0.2, 0) is 4.79 Å². The lowest BCUT2D eigenvalue weighted by atomic mass is 9.89. The third kappa shape index (κ3) is 1.96. The van der Waals surface area contributed by atoms with E-state index in [1.807, 2.05) is 48.5 Å². The van der Waals surface area contributed by atoms with E-state index in [1.165, 1.54) is 12.1 Å². The molecule has 2 nitrogen and oxygen atoms in total. The van der Waals surface area contributed by atoms with Crippen molar-refractivity contribution < 1.29 is 18.4 Å². The first-order valence-electron chi connectivity index (χ1n) is 8.08. The highest BCUT2D eigenvalue weighted by Gasteiger charge is 2.34. The first-order valence-corrected chi connectivity index (χ1v) is 8.08. The van der Waals surface area contributed by atoms with Crippen molar-refractivity contribution in [1.82, 2.24) is 0 Å². The van der Waals surface area contributed by atoms with Crippen LogP contribution in [0.4, 0.5) is 8.78 Å². The Labute approximate surface area is 146 Å². The van der Waals surface area contributed by atoms with Crippen LogP contribution < -0.4 is 0 Å². The SMILES string of the molecule is O=C1C(=O)c2cc3cc4cc5ccccc5cc4cc3cc2C(F)=C1F. The van der Waals surface area contributed by atoms with Gasteiger partial charge in [-0.25, -0.2) is 4.39 Å². The molecular weight excluding hydrogens is 334 g/mol. The first-order chi connectivity index (χ1) is 12.5. The summed E-state index contributed by atoms with van der Waals surface area (Å²) in [5.41, 5.74) is -0.263. The minimum absolute atomic E-state index is 0.0958. The molecule has 0 bridgehead atoms. The zero-order valence-electron chi connectivity index (χ0n) is 13.3. The van der Waals surface area contributed by atoms with Crippen molar-refractivity contribution in [3.63, 3.8) is 0 Å². The molecule has 0 heterocycles. The van der Waals surface area contributed by atoms with Gasteiger partial charge in [0.05, 0.1) is 0 Å². The van der Waals surface area contributed by atoms with Gasteiger partial charge in [0.1, 0.15) is 0 Å². The number of Topliss-reactive ketones (excluding diaryl/α,β-unsaturated/α-hetero) is 2. The molecule has 0 unspecified atom stereocenters. The van der Waals surface area contributed by atoms with Crippen LogP contribution >= 0.6 is 0 Å². The van der Waals surface area contributed by atoms with Crippen molar-refractivity contribution in [2.24, 2.45) is 0 Å². The number of rotatable bonds is 0. The predicted octanol–water partition coefficient (Wildman–Crippen LogP) is 5.52. The molecule has 5 rings (SSSR count). The summed E-state index contributed by atoms with van der Waals surface area (Å²) in [6.45, 7) is 0. The Morgan fingerprint density at radius 1 is 0.500 bits per heavy atom. The van der Waals surface area contributed by atoms with Crippen molar-refractivity contribution >= 4 is 49.7 Å². The number of hydrogen-bond acceptors (Lipinski definition) is 2. The summed E-state index contributed by atoms with van der Waals surface area (Å²) in [4.78, 5) is 23.6. The van der Waals surface area contributed by atoms with Gasteiger partial charge in [0.2, 0.25) is 11.6 Å². The molecule has 1 aliphatic carbocycles. The molecule has 0 fully saturated rings. The van der Waals surface area contributed by atoms with Crippen LogP contribution in [0.15, 0.2) is 66.5 Å². The van der Waals surface area contributed by atoms with E-state index >= 15 is 0 Å². The smallest absolute Gasteiger partial charge is 0.264 e. The van der Waals surface area contributed by atoms with Crippen LogP contribution in [-0.4, -0.2) is 11.6 Å². The molecule has 4 heteroatoms. The minimum Gasteiger partial charge on any atom is -0.285 e. The first kappa shape index (κ1) is 14.9. The van der Waals surface area contributed by atoms with Gasteiger partial charge in [-0.3, -0.25) is 9.59 Å². The van der Waals surface area contributed by atoms with Gasteiger partial charge in [-0.1, -0.05) is 24.3 Å². The summed E-state index contributed by atoms with van der Waals surface area (Å²) in [5, 5.41) is 5.46. The molecule has 0 aliphatic heterocycles. The Hall–Kier alpha value is -3.40. The molecule has 4 aromatic rings. The zero-order valence-corrected chi connectivity index (χ0v) is 13.3. The molecular formula is C22H10F2O2. The lowest BCUT2D eigenvalue weighted by Gasteiger charge is -2.14. The molecule has 0 atom stereocenters.